The van der Waals surface area contributed by atoms with Crippen LogP contribution in [0.25, 0.3) is 0 Å². The Morgan fingerprint density at radius 3 is 2.67 bits per heavy atom. The third-order valence-electron chi connectivity index (χ3n) is 3.80. The van der Waals surface area contributed by atoms with Gasteiger partial charge in [0.15, 0.2) is 0 Å². The van der Waals surface area contributed by atoms with Crippen molar-refractivity contribution >= 4 is 0 Å². The molecule has 18 heavy (non-hydrogen) atoms. The Labute approximate surface area is 109 Å². The van der Waals surface area contributed by atoms with E-state index in [0.29, 0.717) is 24.5 Å². The minimum absolute atomic E-state index is 0.259. The van der Waals surface area contributed by atoms with E-state index >= 15 is 0 Å². The molecule has 1 saturated heterocycles. The maximum Gasteiger partial charge on any atom is 0.102 e. The summed E-state index contributed by atoms with van der Waals surface area (Å²) in [5, 5.41) is 3.59. The fourth-order valence-electron chi connectivity index (χ4n) is 2.76. The first-order chi connectivity index (χ1) is 8.72. The summed E-state index contributed by atoms with van der Waals surface area (Å²) in [5.41, 5.74) is 1.29. The number of nitrogens with zero attached hydrogens (tertiary/aromatic N) is 1. The molecule has 2 unspecified atom stereocenters. The third kappa shape index (κ3) is 3.09. The first-order valence-corrected chi connectivity index (χ1v) is 6.80. The maximum atomic E-state index is 12.7. The lowest BCUT2D eigenvalue weighted by molar-refractivity contribution is 0.0915. The van der Waals surface area contributed by atoms with Crippen LogP contribution < -0.4 is 5.32 Å². The Morgan fingerprint density at radius 2 is 2.06 bits per heavy atom. The molecule has 1 fully saturated rings. The average molecular weight is 250 g/mol. The second kappa shape index (κ2) is 6.30. The molecule has 3 heteroatoms. The van der Waals surface area contributed by atoms with E-state index in [1.54, 1.807) is 0 Å². The lowest BCUT2D eigenvalue weighted by Gasteiger charge is -2.42. The summed E-state index contributed by atoms with van der Waals surface area (Å²) in [7, 11) is 0. The number of hydrogen-bond donors (Lipinski definition) is 1. The summed E-state index contributed by atoms with van der Waals surface area (Å²) in [4.78, 5) is 2.29. The minimum Gasteiger partial charge on any atom is -0.307 e. The van der Waals surface area contributed by atoms with Crippen molar-refractivity contribution < 1.29 is 4.39 Å². The number of rotatable bonds is 4. The molecule has 2 nitrogen and oxygen atoms in total. The number of alkyl halides is 1. The van der Waals surface area contributed by atoms with Crippen molar-refractivity contribution in [3.63, 3.8) is 0 Å². The molecule has 0 radical (unpaired) electrons. The molecular formula is C15H23FN2. The van der Waals surface area contributed by atoms with Gasteiger partial charge >= 0.3 is 0 Å². The Morgan fingerprint density at radius 1 is 1.33 bits per heavy atom. The highest BCUT2D eigenvalue weighted by Gasteiger charge is 2.29. The minimum atomic E-state index is -0.259. The van der Waals surface area contributed by atoms with E-state index in [4.69, 9.17) is 0 Å². The average Bonchev–Trinajstić information content (AvgIpc) is 2.40. The second-order valence-corrected chi connectivity index (χ2v) is 5.37. The molecular weight excluding hydrogens is 227 g/mol. The first kappa shape index (κ1) is 13.5. The molecule has 0 aliphatic carbocycles. The molecule has 1 aromatic rings. The molecule has 2 atom stereocenters. The van der Waals surface area contributed by atoms with E-state index in [2.05, 4.69) is 48.3 Å². The smallest absolute Gasteiger partial charge is 0.102 e. The van der Waals surface area contributed by atoms with Crippen LogP contribution in [0.2, 0.25) is 0 Å². The van der Waals surface area contributed by atoms with Gasteiger partial charge in [-0.15, -0.1) is 0 Å². The van der Waals surface area contributed by atoms with Crippen LogP contribution in [0.3, 0.4) is 0 Å². The van der Waals surface area contributed by atoms with Gasteiger partial charge in [0.2, 0.25) is 0 Å². The van der Waals surface area contributed by atoms with E-state index in [1.807, 2.05) is 6.07 Å². The lowest BCUT2D eigenvalue weighted by atomic mass is 9.96. The van der Waals surface area contributed by atoms with Crippen molar-refractivity contribution in [2.45, 2.75) is 25.9 Å². The fraction of sp³-hybridized carbons (Fsp3) is 0.600. The molecule has 0 aromatic heterocycles. The van der Waals surface area contributed by atoms with Crippen LogP contribution in [0, 0.1) is 5.92 Å². The number of hydrogen-bond acceptors (Lipinski definition) is 2. The van der Waals surface area contributed by atoms with Crippen molar-refractivity contribution in [3.05, 3.63) is 35.9 Å². The zero-order valence-electron chi connectivity index (χ0n) is 11.3. The molecule has 0 saturated carbocycles. The van der Waals surface area contributed by atoms with Crippen molar-refractivity contribution in [3.8, 4) is 0 Å². The summed E-state index contributed by atoms with van der Waals surface area (Å²) < 4.78 is 12.7. The number of benzene rings is 1. The first-order valence-electron chi connectivity index (χ1n) is 6.80. The van der Waals surface area contributed by atoms with Crippen LogP contribution >= 0.6 is 0 Å². The van der Waals surface area contributed by atoms with Gasteiger partial charge in [-0.3, -0.25) is 4.90 Å². The molecule has 0 bridgehead atoms. The molecule has 1 aliphatic rings. The molecule has 0 spiro atoms. The third-order valence-corrected chi connectivity index (χ3v) is 3.80. The number of piperazine rings is 1. The summed E-state index contributed by atoms with van der Waals surface area (Å²) in [6, 6.07) is 11.2. The lowest BCUT2D eigenvalue weighted by Crippen LogP contribution is -2.55. The Balaban J connectivity index is 2.06. The largest absolute Gasteiger partial charge is 0.307 e. The van der Waals surface area contributed by atoms with Gasteiger partial charge in [-0.2, -0.15) is 0 Å². The van der Waals surface area contributed by atoms with Gasteiger partial charge in [-0.05, 0) is 11.5 Å². The predicted octanol–water partition coefficient (Wildman–Crippen LogP) is 2.63. The van der Waals surface area contributed by atoms with Crippen LogP contribution in [-0.2, 0) is 0 Å². The molecule has 100 valence electrons. The topological polar surface area (TPSA) is 15.3 Å². The highest BCUT2D eigenvalue weighted by Crippen LogP contribution is 2.22. The highest BCUT2D eigenvalue weighted by atomic mass is 19.1. The van der Waals surface area contributed by atoms with E-state index in [1.165, 1.54) is 5.56 Å². The monoisotopic (exact) mass is 250 g/mol. The second-order valence-electron chi connectivity index (χ2n) is 5.37. The van der Waals surface area contributed by atoms with Crippen molar-refractivity contribution in [1.29, 1.82) is 0 Å². The van der Waals surface area contributed by atoms with Gasteiger partial charge in [0.1, 0.15) is 6.67 Å². The normalized spacial score (nSPS) is 25.6. The summed E-state index contributed by atoms with van der Waals surface area (Å²) in [5.74, 6) is 0.556. The predicted molar refractivity (Wildman–Crippen MR) is 73.4 cm³/mol. The maximum absolute atomic E-state index is 12.7. The summed E-state index contributed by atoms with van der Waals surface area (Å²) in [6.45, 7) is 6.55. The van der Waals surface area contributed by atoms with Gasteiger partial charge in [-0.25, -0.2) is 4.39 Å². The van der Waals surface area contributed by atoms with E-state index in [0.717, 1.165) is 13.1 Å². The van der Waals surface area contributed by atoms with Crippen molar-refractivity contribution in [2.75, 3.05) is 26.3 Å². The molecule has 0 amide bonds. The molecule has 1 aromatic carbocycles. The summed E-state index contributed by atoms with van der Waals surface area (Å²) >= 11 is 0. The Kier molecular flexibility index (Phi) is 4.72. The SMILES string of the molecule is CC(C)C1CNC(c2ccccc2)CN1CCF. The zero-order chi connectivity index (χ0) is 13.0. The standard InChI is InChI=1S/C15H23FN2/c1-12(2)15-10-17-14(11-18(15)9-8-16)13-6-4-3-5-7-13/h3-7,12,14-15,17H,8-11H2,1-2H3. The zero-order valence-corrected chi connectivity index (χ0v) is 11.3. The van der Waals surface area contributed by atoms with Crippen molar-refractivity contribution in [2.24, 2.45) is 5.92 Å². The summed E-state index contributed by atoms with van der Waals surface area (Å²) in [6.07, 6.45) is 0. The van der Waals surface area contributed by atoms with Crippen LogP contribution in [0.4, 0.5) is 4.39 Å². The molecule has 1 N–H and O–H groups in total. The highest BCUT2D eigenvalue weighted by molar-refractivity contribution is 5.20. The van der Waals surface area contributed by atoms with Crippen molar-refractivity contribution in [1.82, 2.24) is 10.2 Å². The Hall–Kier alpha value is -0.930. The van der Waals surface area contributed by atoms with Gasteiger partial charge in [0, 0.05) is 31.7 Å². The van der Waals surface area contributed by atoms with E-state index < -0.39 is 0 Å². The van der Waals surface area contributed by atoms with E-state index in [-0.39, 0.29) is 6.67 Å². The molecule has 2 rings (SSSR count). The van der Waals surface area contributed by atoms with Gasteiger partial charge < -0.3 is 5.32 Å². The number of nitrogens with one attached hydrogen (secondary N) is 1. The van der Waals surface area contributed by atoms with Gasteiger partial charge in [0.05, 0.1) is 0 Å². The van der Waals surface area contributed by atoms with Crippen LogP contribution in [0.15, 0.2) is 30.3 Å². The van der Waals surface area contributed by atoms with Crippen LogP contribution in [-0.4, -0.2) is 37.3 Å². The van der Waals surface area contributed by atoms with Crippen LogP contribution in [0.5, 0.6) is 0 Å². The quantitative estimate of drug-likeness (QED) is 0.883. The van der Waals surface area contributed by atoms with Gasteiger partial charge in [-0.1, -0.05) is 44.2 Å². The molecule has 1 aliphatic heterocycles. The molecule has 1 heterocycles. The van der Waals surface area contributed by atoms with E-state index in [9.17, 15) is 4.39 Å². The fourth-order valence-corrected chi connectivity index (χ4v) is 2.76. The van der Waals surface area contributed by atoms with Crippen LogP contribution in [0.1, 0.15) is 25.5 Å². The number of halogens is 1. The Bertz CT molecular complexity index is 353. The van der Waals surface area contributed by atoms with Gasteiger partial charge in [0.25, 0.3) is 0 Å².